The lowest BCUT2D eigenvalue weighted by Gasteiger charge is -2.15. The van der Waals surface area contributed by atoms with E-state index in [2.05, 4.69) is 50.0 Å². The Labute approximate surface area is 149 Å². The average molecular weight is 396 g/mol. The minimum Gasteiger partial charge on any atom is -0.451 e. The van der Waals surface area contributed by atoms with E-state index in [0.29, 0.717) is 28.6 Å². The van der Waals surface area contributed by atoms with Crippen molar-refractivity contribution in [1.82, 2.24) is 15.0 Å². The van der Waals surface area contributed by atoms with Crippen molar-refractivity contribution in [2.24, 2.45) is 5.92 Å². The second-order valence-corrected chi connectivity index (χ2v) is 6.73. The normalized spacial score (nSPS) is 12.2. The molecule has 2 rings (SSSR count). The smallest absolute Gasteiger partial charge is 0.224 e. The number of anilines is 2. The summed E-state index contributed by atoms with van der Waals surface area (Å²) in [5.41, 5.74) is 6.95. The van der Waals surface area contributed by atoms with E-state index in [1.807, 2.05) is 6.92 Å². The standard InChI is InChI=1S/C16H22BrN5O2/c1-9(2)11-6-19-14(17)4-12(11)24-13-7-21-16(22-15(13)18)20-5-10(3)8-23/h4,6-7,9-10,23H,5,8H2,1-3H3,(H3,18,20,21,22). The van der Waals surface area contributed by atoms with Crippen molar-refractivity contribution in [3.05, 3.63) is 28.6 Å². The number of nitrogen functional groups attached to an aromatic ring is 1. The van der Waals surface area contributed by atoms with Gasteiger partial charge in [0.2, 0.25) is 5.95 Å². The number of aliphatic hydroxyl groups is 1. The molecule has 1 unspecified atom stereocenters. The first-order valence-electron chi connectivity index (χ1n) is 7.71. The Morgan fingerprint density at radius 2 is 2.00 bits per heavy atom. The molecule has 0 spiro atoms. The molecule has 8 heteroatoms. The van der Waals surface area contributed by atoms with Gasteiger partial charge in [-0.2, -0.15) is 4.98 Å². The van der Waals surface area contributed by atoms with Gasteiger partial charge in [0.15, 0.2) is 11.6 Å². The van der Waals surface area contributed by atoms with E-state index in [1.54, 1.807) is 12.3 Å². The van der Waals surface area contributed by atoms with Gasteiger partial charge in [-0.25, -0.2) is 9.97 Å². The van der Waals surface area contributed by atoms with Crippen molar-refractivity contribution in [2.45, 2.75) is 26.7 Å². The molecule has 0 aliphatic rings. The molecule has 2 aromatic rings. The molecule has 0 bridgehead atoms. The van der Waals surface area contributed by atoms with Crippen LogP contribution in [0.5, 0.6) is 11.5 Å². The van der Waals surface area contributed by atoms with Gasteiger partial charge in [-0.15, -0.1) is 0 Å². The Hall–Kier alpha value is -1.93. The monoisotopic (exact) mass is 395 g/mol. The van der Waals surface area contributed by atoms with Crippen molar-refractivity contribution in [3.8, 4) is 11.5 Å². The fourth-order valence-corrected chi connectivity index (χ4v) is 2.25. The highest BCUT2D eigenvalue weighted by Crippen LogP contribution is 2.33. The zero-order valence-corrected chi connectivity index (χ0v) is 15.5. The molecule has 7 nitrogen and oxygen atoms in total. The van der Waals surface area contributed by atoms with Crippen molar-refractivity contribution < 1.29 is 9.84 Å². The molecule has 2 aromatic heterocycles. The molecule has 4 N–H and O–H groups in total. The molecule has 0 aliphatic carbocycles. The minimum atomic E-state index is 0.0958. The molecule has 1 atom stereocenters. The van der Waals surface area contributed by atoms with Crippen molar-refractivity contribution in [1.29, 1.82) is 0 Å². The van der Waals surface area contributed by atoms with Gasteiger partial charge in [-0.1, -0.05) is 20.8 Å². The minimum absolute atomic E-state index is 0.0958. The van der Waals surface area contributed by atoms with Gasteiger partial charge in [0.25, 0.3) is 0 Å². The van der Waals surface area contributed by atoms with Crippen LogP contribution in [0.3, 0.4) is 0 Å². The third-order valence-electron chi connectivity index (χ3n) is 3.41. The molecule has 24 heavy (non-hydrogen) atoms. The van der Waals surface area contributed by atoms with Crippen LogP contribution in [0.25, 0.3) is 0 Å². The van der Waals surface area contributed by atoms with E-state index in [0.717, 1.165) is 5.56 Å². The van der Waals surface area contributed by atoms with Crippen LogP contribution in [-0.2, 0) is 0 Å². The summed E-state index contributed by atoms with van der Waals surface area (Å²) in [4.78, 5) is 12.6. The van der Waals surface area contributed by atoms with Crippen LogP contribution in [0.2, 0.25) is 0 Å². The first kappa shape index (κ1) is 18.4. The predicted octanol–water partition coefficient (Wildman–Crippen LogP) is 3.17. The molecule has 0 aromatic carbocycles. The van der Waals surface area contributed by atoms with Gasteiger partial charge < -0.3 is 20.9 Å². The summed E-state index contributed by atoms with van der Waals surface area (Å²) < 4.78 is 6.57. The molecule has 0 amide bonds. The van der Waals surface area contributed by atoms with Crippen LogP contribution >= 0.6 is 15.9 Å². The largest absolute Gasteiger partial charge is 0.451 e. The fourth-order valence-electron chi connectivity index (χ4n) is 1.94. The highest BCUT2D eigenvalue weighted by atomic mass is 79.9. The Balaban J connectivity index is 2.18. The number of nitrogens with two attached hydrogens (primary N) is 1. The summed E-state index contributed by atoms with van der Waals surface area (Å²) in [7, 11) is 0. The number of hydrogen-bond acceptors (Lipinski definition) is 7. The number of aromatic nitrogens is 3. The zero-order chi connectivity index (χ0) is 17.7. The number of ether oxygens (including phenoxy) is 1. The zero-order valence-electron chi connectivity index (χ0n) is 14.0. The van der Waals surface area contributed by atoms with Crippen LogP contribution in [0.4, 0.5) is 11.8 Å². The predicted molar refractivity (Wildman–Crippen MR) is 97.3 cm³/mol. The van der Waals surface area contributed by atoms with Gasteiger partial charge >= 0.3 is 0 Å². The van der Waals surface area contributed by atoms with Crippen molar-refractivity contribution >= 4 is 27.7 Å². The van der Waals surface area contributed by atoms with Crippen LogP contribution in [0.15, 0.2) is 23.1 Å². The maximum atomic E-state index is 9.03. The van der Waals surface area contributed by atoms with E-state index in [1.165, 1.54) is 6.20 Å². The second-order valence-electron chi connectivity index (χ2n) is 5.91. The number of nitrogens with zero attached hydrogens (tertiary/aromatic N) is 3. The third-order valence-corrected chi connectivity index (χ3v) is 3.84. The molecule has 2 heterocycles. The summed E-state index contributed by atoms with van der Waals surface area (Å²) in [6.45, 7) is 6.70. The molecule has 0 fully saturated rings. The van der Waals surface area contributed by atoms with E-state index < -0.39 is 0 Å². The van der Waals surface area contributed by atoms with Crippen LogP contribution in [0.1, 0.15) is 32.3 Å². The molecule has 130 valence electrons. The average Bonchev–Trinajstić information content (AvgIpc) is 2.54. The number of nitrogens with one attached hydrogen (secondary N) is 1. The van der Waals surface area contributed by atoms with E-state index in [4.69, 9.17) is 15.6 Å². The Kier molecular flexibility index (Phi) is 6.33. The summed E-state index contributed by atoms with van der Waals surface area (Å²) in [6, 6.07) is 1.80. The lowest BCUT2D eigenvalue weighted by Crippen LogP contribution is -2.16. The van der Waals surface area contributed by atoms with Gasteiger partial charge in [-0.05, 0) is 27.8 Å². The van der Waals surface area contributed by atoms with Crippen molar-refractivity contribution in [3.63, 3.8) is 0 Å². The third kappa shape index (κ3) is 4.78. The van der Waals surface area contributed by atoms with Crippen molar-refractivity contribution in [2.75, 3.05) is 24.2 Å². The van der Waals surface area contributed by atoms with E-state index in [9.17, 15) is 0 Å². The first-order valence-corrected chi connectivity index (χ1v) is 8.50. The fraction of sp³-hybridized carbons (Fsp3) is 0.438. The first-order chi connectivity index (χ1) is 11.4. The van der Waals surface area contributed by atoms with Crippen LogP contribution < -0.4 is 15.8 Å². The number of rotatable bonds is 7. The quantitative estimate of drug-likeness (QED) is 0.617. The second kappa shape index (κ2) is 8.25. The Morgan fingerprint density at radius 1 is 1.25 bits per heavy atom. The molecular weight excluding hydrogens is 374 g/mol. The highest BCUT2D eigenvalue weighted by Gasteiger charge is 2.13. The van der Waals surface area contributed by atoms with Crippen LogP contribution in [-0.4, -0.2) is 33.2 Å². The van der Waals surface area contributed by atoms with Gasteiger partial charge in [-0.3, -0.25) is 0 Å². The lowest BCUT2D eigenvalue weighted by atomic mass is 10.1. The molecule has 0 saturated carbocycles. The number of pyridine rings is 1. The maximum Gasteiger partial charge on any atom is 0.224 e. The van der Waals surface area contributed by atoms with Gasteiger partial charge in [0, 0.05) is 31.0 Å². The SMILES string of the molecule is CC(CO)CNc1ncc(Oc2cc(Br)ncc2C(C)C)c(N)n1. The van der Waals surface area contributed by atoms with E-state index in [-0.39, 0.29) is 24.3 Å². The van der Waals surface area contributed by atoms with Gasteiger partial charge in [0.05, 0.1) is 6.20 Å². The molecule has 0 radical (unpaired) electrons. The van der Waals surface area contributed by atoms with Gasteiger partial charge in [0.1, 0.15) is 10.4 Å². The maximum absolute atomic E-state index is 9.03. The summed E-state index contributed by atoms with van der Waals surface area (Å²) >= 11 is 3.35. The Bertz CT molecular complexity index is 696. The molecule has 0 saturated heterocycles. The summed E-state index contributed by atoms with van der Waals surface area (Å²) in [5, 5.41) is 12.1. The van der Waals surface area contributed by atoms with E-state index >= 15 is 0 Å². The molecule has 0 aliphatic heterocycles. The lowest BCUT2D eigenvalue weighted by molar-refractivity contribution is 0.244. The topological polar surface area (TPSA) is 106 Å². The highest BCUT2D eigenvalue weighted by molar-refractivity contribution is 9.10. The number of halogens is 1. The summed E-state index contributed by atoms with van der Waals surface area (Å²) in [6.07, 6.45) is 3.31. The van der Waals surface area contributed by atoms with Crippen LogP contribution in [0, 0.1) is 5.92 Å². The number of hydrogen-bond donors (Lipinski definition) is 3. The summed E-state index contributed by atoms with van der Waals surface area (Å²) in [5.74, 6) is 2.05. The molecular formula is C16H22BrN5O2. The Morgan fingerprint density at radius 3 is 2.62 bits per heavy atom. The number of aliphatic hydroxyl groups excluding tert-OH is 1.